The first-order valence-corrected chi connectivity index (χ1v) is 4.82. The van der Waals surface area contributed by atoms with Crippen LogP contribution in [-0.4, -0.2) is 30.8 Å². The Morgan fingerprint density at radius 3 is 2.22 bits per heavy atom. The highest BCUT2D eigenvalue weighted by Crippen LogP contribution is 2.02. The fourth-order valence-corrected chi connectivity index (χ4v) is 1.11. The van der Waals surface area contributed by atoms with Gasteiger partial charge >= 0.3 is 0 Å². The van der Waals surface area contributed by atoms with Crippen molar-refractivity contribution in [3.8, 4) is 0 Å². The molecule has 0 aromatic heterocycles. The molecule has 56 valence electrons. The molecule has 0 rings (SSSR count). The van der Waals surface area contributed by atoms with Gasteiger partial charge in [-0.2, -0.15) is 0 Å². The van der Waals surface area contributed by atoms with Crippen molar-refractivity contribution in [2.75, 3.05) is 14.2 Å². The molecule has 0 spiro atoms. The minimum Gasteiger partial charge on any atom is -0.356 e. The van der Waals surface area contributed by atoms with E-state index in [1.165, 1.54) is 22.7 Å². The summed E-state index contributed by atoms with van der Waals surface area (Å²) in [6.07, 6.45) is 2.30. The number of hydrogen-bond donors (Lipinski definition) is 0. The summed E-state index contributed by atoms with van der Waals surface area (Å²) in [5.74, 6) is 0. The van der Waals surface area contributed by atoms with E-state index in [4.69, 9.17) is 9.47 Å². The van der Waals surface area contributed by atoms with Crippen LogP contribution >= 0.6 is 0 Å². The average Bonchev–Trinajstić information content (AvgIpc) is 1.91. The molecular formula is C6H16O2Si. The van der Waals surface area contributed by atoms with E-state index >= 15 is 0 Å². The molecule has 0 heterocycles. The minimum atomic E-state index is 0.0268. The first-order valence-electron chi connectivity index (χ1n) is 3.40. The van der Waals surface area contributed by atoms with Gasteiger partial charge in [0.25, 0.3) is 0 Å². The molecule has 3 heteroatoms. The molecule has 9 heavy (non-hydrogen) atoms. The van der Waals surface area contributed by atoms with Gasteiger partial charge < -0.3 is 9.47 Å². The van der Waals surface area contributed by atoms with E-state index in [2.05, 4.69) is 0 Å². The second kappa shape index (κ2) is 6.26. The fraction of sp³-hybridized carbons (Fsp3) is 1.00. The molecular weight excluding hydrogens is 132 g/mol. The second-order valence-corrected chi connectivity index (χ2v) is 3.04. The Labute approximate surface area is 60.0 Å². The quantitative estimate of drug-likeness (QED) is 0.409. The first kappa shape index (κ1) is 9.14. The predicted octanol–water partition coefficient (Wildman–Crippen LogP) is 0.169. The summed E-state index contributed by atoms with van der Waals surface area (Å²) in [4.78, 5) is 0. The monoisotopic (exact) mass is 148 g/mol. The highest BCUT2D eigenvalue weighted by molar-refractivity contribution is 6.08. The minimum absolute atomic E-state index is 0.0268. The lowest BCUT2D eigenvalue weighted by atomic mass is 10.3. The number of hydrogen-bond acceptors (Lipinski definition) is 2. The van der Waals surface area contributed by atoms with Crippen LogP contribution in [0.4, 0.5) is 0 Å². The van der Waals surface area contributed by atoms with Gasteiger partial charge in [-0.25, -0.2) is 0 Å². The number of ether oxygens (including phenoxy) is 2. The van der Waals surface area contributed by atoms with Crippen molar-refractivity contribution in [2.45, 2.75) is 25.2 Å². The lowest BCUT2D eigenvalue weighted by Crippen LogP contribution is -2.12. The Hall–Kier alpha value is 0.137. The van der Waals surface area contributed by atoms with Crippen molar-refractivity contribution in [3.05, 3.63) is 0 Å². The summed E-state index contributed by atoms with van der Waals surface area (Å²) in [5.41, 5.74) is 0. The lowest BCUT2D eigenvalue weighted by molar-refractivity contribution is -0.106. The predicted molar refractivity (Wildman–Crippen MR) is 41.8 cm³/mol. The Kier molecular flexibility index (Phi) is 6.35. The maximum Gasteiger partial charge on any atom is 0.156 e. The molecule has 0 aromatic rings. The topological polar surface area (TPSA) is 18.5 Å². The van der Waals surface area contributed by atoms with Crippen LogP contribution in [0.3, 0.4) is 0 Å². The fourth-order valence-electron chi connectivity index (χ4n) is 0.703. The molecule has 0 aromatic carbocycles. The van der Waals surface area contributed by atoms with E-state index in [0.29, 0.717) is 0 Å². The van der Waals surface area contributed by atoms with Gasteiger partial charge in [-0.05, 0) is 6.42 Å². The normalized spacial score (nSPS) is 11.0. The van der Waals surface area contributed by atoms with Crippen LogP contribution in [0, 0.1) is 0 Å². The highest BCUT2D eigenvalue weighted by atomic mass is 28.1. The molecule has 0 aliphatic rings. The van der Waals surface area contributed by atoms with Gasteiger partial charge in [0, 0.05) is 24.5 Å². The maximum atomic E-state index is 4.99. The van der Waals surface area contributed by atoms with Gasteiger partial charge in [0.05, 0.1) is 0 Å². The van der Waals surface area contributed by atoms with E-state index in [9.17, 15) is 0 Å². The van der Waals surface area contributed by atoms with E-state index < -0.39 is 0 Å². The van der Waals surface area contributed by atoms with Crippen LogP contribution in [0.1, 0.15) is 12.8 Å². The zero-order chi connectivity index (χ0) is 7.11. The molecule has 2 nitrogen and oxygen atoms in total. The molecule has 0 atom stereocenters. The third kappa shape index (κ3) is 4.63. The molecule has 0 radical (unpaired) electrons. The Balaban J connectivity index is 3.09. The van der Waals surface area contributed by atoms with Crippen LogP contribution in [0.5, 0.6) is 0 Å². The van der Waals surface area contributed by atoms with Crippen molar-refractivity contribution >= 4 is 10.2 Å². The third-order valence-corrected chi connectivity index (χ3v) is 2.03. The molecule has 0 fully saturated rings. The standard InChI is InChI=1S/C6H16O2Si/c1-7-6(8-2)4-3-5-9/h6H,3-5H2,1-2,9H3. The molecule has 0 aliphatic carbocycles. The summed E-state index contributed by atoms with van der Waals surface area (Å²) in [6, 6.07) is 1.34. The molecule has 0 saturated carbocycles. The largest absolute Gasteiger partial charge is 0.356 e. The van der Waals surface area contributed by atoms with Crippen LogP contribution < -0.4 is 0 Å². The van der Waals surface area contributed by atoms with E-state index in [-0.39, 0.29) is 6.29 Å². The molecule has 0 bridgehead atoms. The van der Waals surface area contributed by atoms with Crippen molar-refractivity contribution in [1.29, 1.82) is 0 Å². The summed E-state index contributed by atoms with van der Waals surface area (Å²) in [5, 5.41) is 0. The molecule has 0 unspecified atom stereocenters. The lowest BCUT2D eigenvalue weighted by Gasteiger charge is -2.11. The molecule has 0 N–H and O–H groups in total. The maximum absolute atomic E-state index is 4.99. The average molecular weight is 148 g/mol. The van der Waals surface area contributed by atoms with Crippen LogP contribution in [0.2, 0.25) is 6.04 Å². The van der Waals surface area contributed by atoms with Gasteiger partial charge in [-0.15, -0.1) is 0 Å². The van der Waals surface area contributed by atoms with Crippen LogP contribution in [0.15, 0.2) is 0 Å². The van der Waals surface area contributed by atoms with E-state index in [0.717, 1.165) is 6.42 Å². The van der Waals surface area contributed by atoms with Crippen molar-refractivity contribution < 1.29 is 9.47 Å². The third-order valence-electron chi connectivity index (χ3n) is 1.32. The van der Waals surface area contributed by atoms with Gasteiger partial charge in [0.2, 0.25) is 0 Å². The van der Waals surface area contributed by atoms with E-state index in [1.807, 2.05) is 0 Å². The summed E-state index contributed by atoms with van der Waals surface area (Å²) < 4.78 is 9.99. The van der Waals surface area contributed by atoms with Gasteiger partial charge in [-0.1, -0.05) is 12.5 Å². The molecule has 0 amide bonds. The first-order chi connectivity index (χ1) is 4.35. The summed E-state index contributed by atoms with van der Waals surface area (Å²) in [6.45, 7) is 0. The van der Waals surface area contributed by atoms with Crippen molar-refractivity contribution in [2.24, 2.45) is 0 Å². The molecule has 0 saturated heterocycles. The van der Waals surface area contributed by atoms with Gasteiger partial charge in [-0.3, -0.25) is 0 Å². The molecule has 0 aliphatic heterocycles. The zero-order valence-corrected chi connectivity index (χ0v) is 8.52. The smallest absolute Gasteiger partial charge is 0.156 e. The van der Waals surface area contributed by atoms with Crippen LogP contribution in [0.25, 0.3) is 0 Å². The van der Waals surface area contributed by atoms with Crippen molar-refractivity contribution in [1.82, 2.24) is 0 Å². The zero-order valence-electron chi connectivity index (χ0n) is 6.52. The second-order valence-electron chi connectivity index (χ2n) is 2.04. The van der Waals surface area contributed by atoms with Crippen molar-refractivity contribution in [3.63, 3.8) is 0 Å². The SMILES string of the molecule is COC(CCC[SiH3])OC. The highest BCUT2D eigenvalue weighted by Gasteiger charge is 2.01. The summed E-state index contributed by atoms with van der Waals surface area (Å²) in [7, 11) is 4.65. The van der Waals surface area contributed by atoms with Gasteiger partial charge in [0.15, 0.2) is 6.29 Å². The van der Waals surface area contributed by atoms with Crippen LogP contribution in [-0.2, 0) is 9.47 Å². The Morgan fingerprint density at radius 1 is 1.33 bits per heavy atom. The Morgan fingerprint density at radius 2 is 1.89 bits per heavy atom. The van der Waals surface area contributed by atoms with E-state index in [1.54, 1.807) is 14.2 Å². The number of rotatable bonds is 5. The number of methoxy groups -OCH3 is 2. The Bertz CT molecular complexity index is 55.0. The van der Waals surface area contributed by atoms with Gasteiger partial charge in [0.1, 0.15) is 0 Å². The summed E-state index contributed by atoms with van der Waals surface area (Å²) >= 11 is 0.